The van der Waals surface area contributed by atoms with Crippen LogP contribution in [0.25, 0.3) is 0 Å². The van der Waals surface area contributed by atoms with Crippen LogP contribution in [0.15, 0.2) is 36.5 Å². The molecule has 0 unspecified atom stereocenters. The lowest BCUT2D eigenvalue weighted by atomic mass is 10.1. The Balaban J connectivity index is 1.98. The molecule has 1 aromatic heterocycles. The lowest BCUT2D eigenvalue weighted by Gasteiger charge is -2.16. The maximum Gasteiger partial charge on any atom is 0.266 e. The third kappa shape index (κ3) is 5.42. The van der Waals surface area contributed by atoms with Crippen molar-refractivity contribution < 1.29 is 14.3 Å². The van der Waals surface area contributed by atoms with Crippen LogP contribution in [-0.4, -0.2) is 53.1 Å². The molecule has 0 aliphatic heterocycles. The largest absolute Gasteiger partial charge is 0.481 e. The fourth-order valence-corrected chi connectivity index (χ4v) is 2.19. The van der Waals surface area contributed by atoms with Gasteiger partial charge >= 0.3 is 0 Å². The Morgan fingerprint density at radius 3 is 2.76 bits per heavy atom. The minimum atomic E-state index is -0.709. The summed E-state index contributed by atoms with van der Waals surface area (Å²) in [5, 5.41) is 7.04. The summed E-state index contributed by atoms with van der Waals surface area (Å²) in [6.07, 6.45) is 0.937. The Morgan fingerprint density at radius 2 is 2.08 bits per heavy atom. The summed E-state index contributed by atoms with van der Waals surface area (Å²) < 4.78 is 7.39. The topological polar surface area (TPSA) is 76.5 Å². The van der Waals surface area contributed by atoms with E-state index in [0.717, 1.165) is 6.54 Å². The molecule has 0 bridgehead atoms. The van der Waals surface area contributed by atoms with Crippen LogP contribution in [0.4, 0.5) is 5.82 Å². The number of carbonyl (C=O) groups excluding carboxylic acids is 2. The van der Waals surface area contributed by atoms with Gasteiger partial charge in [-0.1, -0.05) is 12.1 Å². The first-order valence-electron chi connectivity index (χ1n) is 8.12. The first-order chi connectivity index (χ1) is 11.9. The van der Waals surface area contributed by atoms with Gasteiger partial charge in [-0.05, 0) is 40.1 Å². The number of rotatable bonds is 8. The lowest BCUT2D eigenvalue weighted by molar-refractivity contribution is -0.122. The Labute approximate surface area is 147 Å². The molecule has 0 saturated heterocycles. The average molecular weight is 344 g/mol. The molecule has 2 aromatic rings. The van der Waals surface area contributed by atoms with Crippen molar-refractivity contribution in [1.29, 1.82) is 0 Å². The molecule has 7 nitrogen and oxygen atoms in total. The summed E-state index contributed by atoms with van der Waals surface area (Å²) >= 11 is 0. The number of nitrogens with zero attached hydrogens (tertiary/aromatic N) is 3. The zero-order chi connectivity index (χ0) is 18.4. The molecule has 1 aromatic carbocycles. The van der Waals surface area contributed by atoms with Crippen molar-refractivity contribution in [2.45, 2.75) is 26.5 Å². The second-order valence-electron chi connectivity index (χ2n) is 6.08. The second-order valence-corrected chi connectivity index (χ2v) is 6.08. The van der Waals surface area contributed by atoms with Crippen LogP contribution in [-0.2, 0) is 11.3 Å². The number of amides is 1. The fraction of sp³-hybridized carbons (Fsp3) is 0.389. The third-order valence-electron chi connectivity index (χ3n) is 3.65. The van der Waals surface area contributed by atoms with E-state index in [4.69, 9.17) is 4.74 Å². The van der Waals surface area contributed by atoms with Crippen LogP contribution in [0.1, 0.15) is 24.2 Å². The standard InChI is InChI=1S/C18H24N4O3/c1-13(23)15-6-5-7-16(12-15)25-14(2)18(24)20-17-8-9-19-22(17)11-10-21(3)4/h5-9,12,14H,10-11H2,1-4H3,(H,20,24)/t14-/m1/s1. The number of ether oxygens (including phenoxy) is 1. The molecule has 1 amide bonds. The third-order valence-corrected chi connectivity index (χ3v) is 3.65. The van der Waals surface area contributed by atoms with E-state index in [1.54, 1.807) is 48.1 Å². The van der Waals surface area contributed by atoms with Crippen molar-refractivity contribution >= 4 is 17.5 Å². The van der Waals surface area contributed by atoms with E-state index in [9.17, 15) is 9.59 Å². The second kappa shape index (κ2) is 8.43. The summed E-state index contributed by atoms with van der Waals surface area (Å²) in [6, 6.07) is 8.54. The van der Waals surface area contributed by atoms with E-state index in [1.807, 2.05) is 19.0 Å². The van der Waals surface area contributed by atoms with Crippen molar-refractivity contribution in [2.75, 3.05) is 26.0 Å². The van der Waals surface area contributed by atoms with Crippen molar-refractivity contribution in [1.82, 2.24) is 14.7 Å². The lowest BCUT2D eigenvalue weighted by Crippen LogP contribution is -2.31. The fourth-order valence-electron chi connectivity index (χ4n) is 2.19. The molecule has 0 aliphatic carbocycles. The van der Waals surface area contributed by atoms with Gasteiger partial charge in [0.05, 0.1) is 12.7 Å². The van der Waals surface area contributed by atoms with E-state index in [0.29, 0.717) is 23.7 Å². The monoisotopic (exact) mass is 344 g/mol. The molecule has 1 N–H and O–H groups in total. The van der Waals surface area contributed by atoms with Crippen molar-refractivity contribution in [3.05, 3.63) is 42.1 Å². The number of likely N-dealkylation sites (N-methyl/N-ethyl adjacent to an activating group) is 1. The highest BCUT2D eigenvalue weighted by Crippen LogP contribution is 2.16. The Bertz CT molecular complexity index is 739. The maximum absolute atomic E-state index is 12.4. The maximum atomic E-state index is 12.4. The summed E-state index contributed by atoms with van der Waals surface area (Å²) in [7, 11) is 3.96. The molecule has 134 valence electrons. The van der Waals surface area contributed by atoms with Crippen molar-refractivity contribution in [2.24, 2.45) is 0 Å². The normalized spacial score (nSPS) is 12.0. The molecule has 1 heterocycles. The van der Waals surface area contributed by atoms with Gasteiger partial charge in [0.2, 0.25) is 0 Å². The number of nitrogens with one attached hydrogen (secondary N) is 1. The number of hydrogen-bond acceptors (Lipinski definition) is 5. The molecular weight excluding hydrogens is 320 g/mol. The quantitative estimate of drug-likeness (QED) is 0.742. The van der Waals surface area contributed by atoms with Crippen LogP contribution in [0.5, 0.6) is 5.75 Å². The molecule has 0 aliphatic rings. The summed E-state index contributed by atoms with van der Waals surface area (Å²) in [5.41, 5.74) is 0.548. The van der Waals surface area contributed by atoms with Crippen molar-refractivity contribution in [3.63, 3.8) is 0 Å². The predicted octanol–water partition coefficient (Wildman–Crippen LogP) is 2.05. The summed E-state index contributed by atoms with van der Waals surface area (Å²) in [4.78, 5) is 25.8. The van der Waals surface area contributed by atoms with Crippen molar-refractivity contribution in [3.8, 4) is 5.75 Å². The zero-order valence-corrected chi connectivity index (χ0v) is 15.0. The van der Waals surface area contributed by atoms with Gasteiger partial charge < -0.3 is 15.0 Å². The van der Waals surface area contributed by atoms with E-state index in [1.165, 1.54) is 6.92 Å². The predicted molar refractivity (Wildman–Crippen MR) is 95.9 cm³/mol. The van der Waals surface area contributed by atoms with E-state index in [-0.39, 0.29) is 11.7 Å². The molecule has 0 saturated carbocycles. The average Bonchev–Trinajstić information content (AvgIpc) is 3.00. The molecule has 0 radical (unpaired) electrons. The van der Waals surface area contributed by atoms with Crippen LogP contribution >= 0.6 is 0 Å². The van der Waals surface area contributed by atoms with Crippen LogP contribution < -0.4 is 10.1 Å². The molecule has 7 heteroatoms. The highest BCUT2D eigenvalue weighted by Gasteiger charge is 2.17. The first kappa shape index (κ1) is 18.7. The van der Waals surface area contributed by atoms with Gasteiger partial charge in [0.25, 0.3) is 5.91 Å². The number of aromatic nitrogens is 2. The molecule has 1 atom stereocenters. The van der Waals surface area contributed by atoms with Gasteiger partial charge in [-0.15, -0.1) is 0 Å². The minimum absolute atomic E-state index is 0.0488. The van der Waals surface area contributed by atoms with E-state index in [2.05, 4.69) is 10.4 Å². The van der Waals surface area contributed by atoms with Gasteiger partial charge in [-0.2, -0.15) is 5.10 Å². The number of hydrogen-bond donors (Lipinski definition) is 1. The number of ketones is 1. The first-order valence-corrected chi connectivity index (χ1v) is 8.12. The van der Waals surface area contributed by atoms with Crippen LogP contribution in [0, 0.1) is 0 Å². The van der Waals surface area contributed by atoms with E-state index >= 15 is 0 Å². The van der Waals surface area contributed by atoms with E-state index < -0.39 is 6.10 Å². The van der Waals surface area contributed by atoms with Gasteiger partial charge in [0.1, 0.15) is 11.6 Å². The summed E-state index contributed by atoms with van der Waals surface area (Å²) in [6.45, 7) is 4.64. The molecule has 0 fully saturated rings. The number of anilines is 1. The van der Waals surface area contributed by atoms with Gasteiger partial charge in [0.15, 0.2) is 11.9 Å². The highest BCUT2D eigenvalue weighted by atomic mass is 16.5. The molecule has 25 heavy (non-hydrogen) atoms. The number of Topliss-reactive ketones (excluding diaryl/α,β-unsaturated/α-hetero) is 1. The Hall–Kier alpha value is -2.67. The molecular formula is C18H24N4O3. The highest BCUT2D eigenvalue weighted by molar-refractivity contribution is 5.95. The van der Waals surface area contributed by atoms with Crippen LogP contribution in [0.3, 0.4) is 0 Å². The SMILES string of the molecule is CC(=O)c1cccc(O[C@H](C)C(=O)Nc2ccnn2CCN(C)C)c1. The molecule has 0 spiro atoms. The van der Waals surface area contributed by atoms with Gasteiger partial charge in [0, 0.05) is 18.2 Å². The van der Waals surface area contributed by atoms with Gasteiger partial charge in [-0.3, -0.25) is 9.59 Å². The minimum Gasteiger partial charge on any atom is -0.481 e. The number of carbonyl (C=O) groups is 2. The smallest absolute Gasteiger partial charge is 0.266 e. The Morgan fingerprint density at radius 1 is 1.32 bits per heavy atom. The zero-order valence-electron chi connectivity index (χ0n) is 15.0. The number of benzene rings is 1. The summed E-state index contributed by atoms with van der Waals surface area (Å²) in [5.74, 6) is 0.781. The van der Waals surface area contributed by atoms with Crippen LogP contribution in [0.2, 0.25) is 0 Å². The Kier molecular flexibility index (Phi) is 6.30. The van der Waals surface area contributed by atoms with Gasteiger partial charge in [-0.25, -0.2) is 4.68 Å². The molecule has 2 rings (SSSR count).